The van der Waals surface area contributed by atoms with Crippen LogP contribution in [0.4, 0.5) is 0 Å². The fourth-order valence-corrected chi connectivity index (χ4v) is 1.65. The fourth-order valence-electron chi connectivity index (χ4n) is 1.65. The summed E-state index contributed by atoms with van der Waals surface area (Å²) in [5, 5.41) is 0.545. The SMILES string of the molecule is O=c1c2cccnc2cnc2cccnc12. The van der Waals surface area contributed by atoms with Gasteiger partial charge in [-0.25, -0.2) is 0 Å². The first kappa shape index (κ1) is 8.91. The zero-order chi connectivity index (χ0) is 11.0. The van der Waals surface area contributed by atoms with Crippen molar-refractivity contribution in [2.24, 2.45) is 0 Å². The van der Waals surface area contributed by atoms with E-state index in [2.05, 4.69) is 15.0 Å². The minimum absolute atomic E-state index is 0.129. The van der Waals surface area contributed by atoms with Crippen LogP contribution in [-0.2, 0) is 0 Å². The topological polar surface area (TPSA) is 55.7 Å². The number of hydrogen-bond donors (Lipinski definition) is 0. The summed E-state index contributed by atoms with van der Waals surface area (Å²) in [7, 11) is 0. The highest BCUT2D eigenvalue weighted by Crippen LogP contribution is 2.08. The summed E-state index contributed by atoms with van der Waals surface area (Å²) in [6.45, 7) is 0. The minimum atomic E-state index is -0.129. The van der Waals surface area contributed by atoms with Crippen molar-refractivity contribution < 1.29 is 0 Å². The smallest absolute Gasteiger partial charge is 0.215 e. The molecule has 0 spiro atoms. The van der Waals surface area contributed by atoms with Crippen LogP contribution in [0.5, 0.6) is 0 Å². The maximum Gasteiger partial charge on any atom is 0.215 e. The van der Waals surface area contributed by atoms with Crippen LogP contribution in [-0.4, -0.2) is 15.0 Å². The highest BCUT2D eigenvalue weighted by molar-refractivity contribution is 5.86. The van der Waals surface area contributed by atoms with Gasteiger partial charge in [-0.2, -0.15) is 0 Å². The molecular weight excluding hydrogens is 202 g/mol. The lowest BCUT2D eigenvalue weighted by atomic mass is 10.2. The van der Waals surface area contributed by atoms with Crippen LogP contribution in [0.3, 0.4) is 0 Å². The second-order valence-corrected chi connectivity index (χ2v) is 3.39. The molecule has 0 aliphatic carbocycles. The molecular formula is C12H7N3O. The summed E-state index contributed by atoms with van der Waals surface area (Å²) in [6, 6.07) is 6.99. The van der Waals surface area contributed by atoms with E-state index >= 15 is 0 Å². The fraction of sp³-hybridized carbons (Fsp3) is 0. The first-order valence-electron chi connectivity index (χ1n) is 4.85. The Hall–Kier alpha value is -2.36. The van der Waals surface area contributed by atoms with Gasteiger partial charge in [0.2, 0.25) is 5.43 Å². The second-order valence-electron chi connectivity index (χ2n) is 3.39. The molecule has 4 heteroatoms. The van der Waals surface area contributed by atoms with Crippen LogP contribution in [0.2, 0.25) is 0 Å². The van der Waals surface area contributed by atoms with Gasteiger partial charge in [-0.05, 0) is 24.3 Å². The van der Waals surface area contributed by atoms with E-state index in [1.165, 1.54) is 0 Å². The molecule has 16 heavy (non-hydrogen) atoms. The summed E-state index contributed by atoms with van der Waals surface area (Å²) >= 11 is 0. The van der Waals surface area contributed by atoms with Crippen LogP contribution in [0, 0.1) is 0 Å². The predicted molar refractivity (Wildman–Crippen MR) is 61.1 cm³/mol. The molecule has 4 nitrogen and oxygen atoms in total. The zero-order valence-electron chi connectivity index (χ0n) is 8.29. The van der Waals surface area contributed by atoms with Gasteiger partial charge in [0.1, 0.15) is 5.52 Å². The molecule has 0 unspecified atom stereocenters. The molecule has 0 saturated heterocycles. The van der Waals surface area contributed by atoms with Crippen molar-refractivity contribution in [3.05, 3.63) is 53.1 Å². The van der Waals surface area contributed by atoms with Crippen molar-refractivity contribution in [1.29, 1.82) is 0 Å². The average Bonchev–Trinajstić information content (AvgIpc) is 2.49. The summed E-state index contributed by atoms with van der Waals surface area (Å²) < 4.78 is 0. The van der Waals surface area contributed by atoms with E-state index in [1.54, 1.807) is 42.9 Å². The Balaban J connectivity index is 2.69. The van der Waals surface area contributed by atoms with Crippen molar-refractivity contribution in [3.8, 4) is 0 Å². The number of aromatic nitrogens is 3. The van der Waals surface area contributed by atoms with E-state index in [0.717, 1.165) is 0 Å². The van der Waals surface area contributed by atoms with Gasteiger partial charge in [0, 0.05) is 12.4 Å². The van der Waals surface area contributed by atoms with E-state index in [1.807, 2.05) is 0 Å². The van der Waals surface area contributed by atoms with Crippen molar-refractivity contribution >= 4 is 21.9 Å². The first-order valence-corrected chi connectivity index (χ1v) is 4.85. The average molecular weight is 209 g/mol. The minimum Gasteiger partial charge on any atom is -0.287 e. The van der Waals surface area contributed by atoms with E-state index in [4.69, 9.17) is 0 Å². The lowest BCUT2D eigenvalue weighted by Gasteiger charge is -1.87. The largest absolute Gasteiger partial charge is 0.287 e. The highest BCUT2D eigenvalue weighted by atomic mass is 16.1. The number of rotatable bonds is 0. The molecule has 3 aromatic rings. The zero-order valence-corrected chi connectivity index (χ0v) is 8.29. The Labute approximate surface area is 90.6 Å². The molecule has 3 rings (SSSR count). The molecule has 0 atom stereocenters. The molecule has 3 aromatic heterocycles. The molecule has 0 bridgehead atoms. The van der Waals surface area contributed by atoms with Gasteiger partial charge in [-0.15, -0.1) is 0 Å². The highest BCUT2D eigenvalue weighted by Gasteiger charge is 2.03. The summed E-state index contributed by atoms with van der Waals surface area (Å²) in [5.74, 6) is 0. The third kappa shape index (κ3) is 1.24. The summed E-state index contributed by atoms with van der Waals surface area (Å²) in [5.41, 5.74) is 1.43. The van der Waals surface area contributed by atoms with Crippen LogP contribution >= 0.6 is 0 Å². The Bertz CT molecular complexity index is 678. The molecule has 0 aliphatic heterocycles. The lowest BCUT2D eigenvalue weighted by molar-refractivity contribution is 1.35. The van der Waals surface area contributed by atoms with E-state index < -0.39 is 0 Å². The summed E-state index contributed by atoms with van der Waals surface area (Å²) in [6.07, 6.45) is 4.83. The van der Waals surface area contributed by atoms with Gasteiger partial charge in [-0.3, -0.25) is 19.7 Å². The first-order chi connectivity index (χ1) is 7.86. The Kier molecular flexibility index (Phi) is 1.86. The third-order valence-corrected chi connectivity index (χ3v) is 2.41. The Morgan fingerprint density at radius 2 is 1.69 bits per heavy atom. The molecule has 0 fully saturated rings. The summed E-state index contributed by atoms with van der Waals surface area (Å²) in [4.78, 5) is 24.5. The maximum atomic E-state index is 12.1. The molecule has 0 aliphatic rings. The normalized spacial score (nSPS) is 10.8. The van der Waals surface area contributed by atoms with Gasteiger partial charge >= 0.3 is 0 Å². The lowest BCUT2D eigenvalue weighted by Crippen LogP contribution is -2.00. The van der Waals surface area contributed by atoms with Gasteiger partial charge in [0.25, 0.3) is 0 Å². The van der Waals surface area contributed by atoms with Crippen LogP contribution in [0.1, 0.15) is 0 Å². The van der Waals surface area contributed by atoms with Crippen molar-refractivity contribution in [2.45, 2.75) is 0 Å². The molecule has 0 amide bonds. The van der Waals surface area contributed by atoms with Gasteiger partial charge < -0.3 is 0 Å². The molecule has 0 aromatic carbocycles. The number of pyridine rings is 2. The number of nitrogens with zero attached hydrogens (tertiary/aromatic N) is 3. The second kappa shape index (κ2) is 3.34. The van der Waals surface area contributed by atoms with Gasteiger partial charge in [-0.1, -0.05) is 0 Å². The van der Waals surface area contributed by atoms with Crippen molar-refractivity contribution in [2.75, 3.05) is 0 Å². The Morgan fingerprint density at radius 1 is 0.875 bits per heavy atom. The van der Waals surface area contributed by atoms with E-state index in [-0.39, 0.29) is 5.43 Å². The predicted octanol–water partition coefficient (Wildman–Crippen LogP) is 1.54. The molecule has 0 saturated carbocycles. The monoisotopic (exact) mass is 209 g/mol. The van der Waals surface area contributed by atoms with Gasteiger partial charge in [0.15, 0.2) is 0 Å². The maximum absolute atomic E-state index is 12.1. The molecule has 0 radical (unpaired) electrons. The van der Waals surface area contributed by atoms with E-state index in [9.17, 15) is 4.79 Å². The number of fused-ring (bicyclic) bond motifs is 2. The van der Waals surface area contributed by atoms with Crippen LogP contribution in [0.15, 0.2) is 47.7 Å². The standard InChI is InChI=1S/C12H7N3O/c16-12-8-3-1-5-13-10(8)7-15-9-4-2-6-14-11(9)12/h1-7H. The Morgan fingerprint density at radius 3 is 2.62 bits per heavy atom. The van der Waals surface area contributed by atoms with Crippen LogP contribution in [0.25, 0.3) is 21.9 Å². The number of hydrogen-bond acceptors (Lipinski definition) is 4. The van der Waals surface area contributed by atoms with Crippen molar-refractivity contribution in [1.82, 2.24) is 15.0 Å². The third-order valence-electron chi connectivity index (χ3n) is 2.41. The van der Waals surface area contributed by atoms with Crippen LogP contribution < -0.4 is 5.43 Å². The van der Waals surface area contributed by atoms with E-state index in [0.29, 0.717) is 21.9 Å². The molecule has 76 valence electrons. The molecule has 0 N–H and O–H groups in total. The molecule has 3 heterocycles. The van der Waals surface area contributed by atoms with Gasteiger partial charge in [0.05, 0.1) is 22.6 Å². The quantitative estimate of drug-likeness (QED) is 0.563. The van der Waals surface area contributed by atoms with Crippen molar-refractivity contribution in [3.63, 3.8) is 0 Å².